The molecule has 1 aliphatic rings. The molecule has 1 fully saturated rings. The Bertz CT molecular complexity index is 1060. The van der Waals surface area contributed by atoms with Crippen molar-refractivity contribution >= 4 is 19.2 Å². The molecule has 3 rings (SSSR count). The second-order valence-electron chi connectivity index (χ2n) is 7.27. The number of phenols is 1. The normalized spacial score (nSPS) is 25.2. The van der Waals surface area contributed by atoms with E-state index in [0.717, 1.165) is 28.6 Å². The fourth-order valence-corrected chi connectivity index (χ4v) is 3.74. The van der Waals surface area contributed by atoms with Crippen molar-refractivity contribution in [3.05, 3.63) is 47.8 Å². The molecule has 2 heterocycles. The van der Waals surface area contributed by atoms with Gasteiger partial charge in [0, 0.05) is 31.2 Å². The Morgan fingerprint density at radius 3 is 2.72 bits per heavy atom. The van der Waals surface area contributed by atoms with Crippen LogP contribution in [0.25, 0.3) is 0 Å². The van der Waals surface area contributed by atoms with Crippen LogP contribution in [0.3, 0.4) is 0 Å². The lowest BCUT2D eigenvalue weighted by atomic mass is 10.1. The Kier molecular flexibility index (Phi) is 6.98. The molecule has 6 N–H and O–H groups in total. The molecule has 1 aromatic carbocycles. The number of amides is 1. The molecule has 0 aliphatic carbocycles. The van der Waals surface area contributed by atoms with Gasteiger partial charge in [0.2, 0.25) is 5.82 Å². The summed E-state index contributed by atoms with van der Waals surface area (Å²) in [5.74, 6) is -0.458. The molecule has 0 radical (unpaired) electrons. The van der Waals surface area contributed by atoms with Crippen LogP contribution in [0.5, 0.6) is 5.75 Å². The monoisotopic (exact) mass is 469 g/mol. The van der Waals surface area contributed by atoms with Crippen molar-refractivity contribution in [1.82, 2.24) is 14.8 Å². The summed E-state index contributed by atoms with van der Waals surface area (Å²) in [5, 5.41) is 34.1. The van der Waals surface area contributed by atoms with Crippen LogP contribution in [0.4, 0.5) is 5.69 Å². The summed E-state index contributed by atoms with van der Waals surface area (Å²) in [7, 11) is -0.680. The summed E-state index contributed by atoms with van der Waals surface area (Å²) < 4.78 is 23.9. The molecular weight excluding hydrogens is 445 g/mol. The molecule has 0 saturated carbocycles. The molecule has 2 unspecified atom stereocenters. The minimum atomic E-state index is -4.29. The number of rotatable bonds is 8. The van der Waals surface area contributed by atoms with E-state index in [0.29, 0.717) is 5.56 Å². The fourth-order valence-electron chi connectivity index (χ4n) is 2.94. The van der Waals surface area contributed by atoms with E-state index in [1.165, 1.54) is 6.07 Å². The highest BCUT2D eigenvalue weighted by Crippen LogP contribution is 2.46. The number of nitrogens with zero attached hydrogens (tertiary/aromatic N) is 4. The van der Waals surface area contributed by atoms with Gasteiger partial charge in [-0.1, -0.05) is 0 Å². The van der Waals surface area contributed by atoms with E-state index in [-0.39, 0.29) is 18.2 Å². The summed E-state index contributed by atoms with van der Waals surface area (Å²) >= 11 is 0. The second-order valence-corrected chi connectivity index (χ2v) is 8.96. The molecule has 13 nitrogen and oxygen atoms in total. The SMILES string of the molecule is CN(C)c1ccc(O)c(COP(=O)(O)/C=C/C2O[C@@H](n3cnc(C(N)=O)n3)[C@H](O)[C@@H]2O)c1. The van der Waals surface area contributed by atoms with Crippen molar-refractivity contribution in [3.63, 3.8) is 0 Å². The van der Waals surface area contributed by atoms with Gasteiger partial charge in [-0.25, -0.2) is 9.67 Å². The Morgan fingerprint density at radius 2 is 2.09 bits per heavy atom. The largest absolute Gasteiger partial charge is 0.508 e. The number of aliphatic hydroxyl groups is 2. The Balaban J connectivity index is 1.66. The number of phenolic OH excluding ortho intramolecular Hbond substituents is 1. The topological polar surface area (TPSA) is 193 Å². The highest BCUT2D eigenvalue weighted by Gasteiger charge is 2.43. The van der Waals surface area contributed by atoms with Crippen molar-refractivity contribution in [3.8, 4) is 5.75 Å². The molecule has 1 amide bonds. The molecule has 14 heteroatoms. The van der Waals surface area contributed by atoms with E-state index in [9.17, 15) is 29.6 Å². The van der Waals surface area contributed by atoms with Gasteiger partial charge in [-0.15, -0.1) is 5.10 Å². The van der Waals surface area contributed by atoms with E-state index < -0.39 is 38.0 Å². The highest BCUT2D eigenvalue weighted by molar-refractivity contribution is 7.56. The maximum atomic E-state index is 12.4. The molecule has 0 spiro atoms. The number of anilines is 1. The summed E-state index contributed by atoms with van der Waals surface area (Å²) in [6.45, 7) is -0.347. The Morgan fingerprint density at radius 1 is 1.38 bits per heavy atom. The standard InChI is InChI=1S/C18H24N5O8P/c1-22(2)11-3-4-12(24)10(7-11)8-30-32(28,29)6-5-13-14(25)15(26)18(31-13)23-9-20-17(21-23)16(19)27/h3-7,9,13-15,18,24-26H,8H2,1-2H3,(H2,19,27)(H,28,29)/b6-5+/t13?,14-,15-,18-/m1/s1. The first-order chi connectivity index (χ1) is 15.0. The third-order valence-corrected chi connectivity index (χ3v) is 5.76. The molecule has 1 aromatic heterocycles. The number of benzene rings is 1. The number of aromatic hydroxyl groups is 1. The second kappa shape index (κ2) is 9.36. The lowest BCUT2D eigenvalue weighted by Crippen LogP contribution is -2.31. The lowest BCUT2D eigenvalue weighted by molar-refractivity contribution is -0.0346. The zero-order valence-corrected chi connectivity index (χ0v) is 18.1. The third-order valence-electron chi connectivity index (χ3n) is 4.71. The van der Waals surface area contributed by atoms with Gasteiger partial charge in [-0.2, -0.15) is 0 Å². The molecule has 5 atom stereocenters. The van der Waals surface area contributed by atoms with Gasteiger partial charge >= 0.3 is 7.60 Å². The van der Waals surface area contributed by atoms with Gasteiger partial charge in [0.25, 0.3) is 5.91 Å². The molecule has 174 valence electrons. The number of aromatic nitrogens is 3. The van der Waals surface area contributed by atoms with Crippen molar-refractivity contribution < 1.29 is 38.8 Å². The molecule has 0 bridgehead atoms. The highest BCUT2D eigenvalue weighted by atomic mass is 31.2. The van der Waals surface area contributed by atoms with E-state index >= 15 is 0 Å². The van der Waals surface area contributed by atoms with Gasteiger partial charge in [-0.05, 0) is 24.3 Å². The predicted molar refractivity (Wildman–Crippen MR) is 111 cm³/mol. The Labute approximate surface area is 182 Å². The van der Waals surface area contributed by atoms with Gasteiger partial charge < -0.3 is 40.1 Å². The van der Waals surface area contributed by atoms with Crippen molar-refractivity contribution in [2.75, 3.05) is 19.0 Å². The maximum absolute atomic E-state index is 12.4. The first-order valence-corrected chi connectivity index (χ1v) is 11.0. The van der Waals surface area contributed by atoms with Crippen LogP contribution in [-0.4, -0.2) is 73.3 Å². The summed E-state index contributed by atoms with van der Waals surface area (Å²) in [4.78, 5) is 26.7. The predicted octanol–water partition coefficient (Wildman–Crippen LogP) is -0.316. The number of hydrogen-bond donors (Lipinski definition) is 5. The number of primary amides is 1. The van der Waals surface area contributed by atoms with Gasteiger partial charge in [0.1, 0.15) is 30.4 Å². The number of hydrogen-bond acceptors (Lipinski definition) is 10. The zero-order valence-electron chi connectivity index (χ0n) is 17.2. The summed E-state index contributed by atoms with van der Waals surface area (Å²) in [6.07, 6.45) is -3.12. The fraction of sp³-hybridized carbons (Fsp3) is 0.389. The molecular formula is C18H24N5O8P. The van der Waals surface area contributed by atoms with Crippen molar-refractivity contribution in [2.24, 2.45) is 5.73 Å². The molecule has 1 saturated heterocycles. The maximum Gasteiger partial charge on any atom is 0.351 e. The zero-order chi connectivity index (χ0) is 23.6. The summed E-state index contributed by atoms with van der Waals surface area (Å²) in [5.41, 5.74) is 6.15. The van der Waals surface area contributed by atoms with Crippen molar-refractivity contribution in [1.29, 1.82) is 0 Å². The van der Waals surface area contributed by atoms with Crippen LogP contribution in [0.2, 0.25) is 0 Å². The van der Waals surface area contributed by atoms with Gasteiger partial charge in [0.05, 0.1) is 6.61 Å². The number of nitrogens with two attached hydrogens (primary N) is 1. The van der Waals surface area contributed by atoms with Gasteiger partial charge in [0.15, 0.2) is 6.23 Å². The number of carbonyl (C=O) groups is 1. The van der Waals surface area contributed by atoms with E-state index in [4.69, 9.17) is 15.0 Å². The average Bonchev–Trinajstić information content (AvgIpc) is 3.32. The third kappa shape index (κ3) is 5.33. The van der Waals surface area contributed by atoms with E-state index in [1.807, 2.05) is 0 Å². The van der Waals surface area contributed by atoms with Crippen molar-refractivity contribution in [2.45, 2.75) is 31.1 Å². The average molecular weight is 469 g/mol. The molecule has 2 aromatic rings. The first-order valence-electron chi connectivity index (χ1n) is 9.36. The molecule has 1 aliphatic heterocycles. The smallest absolute Gasteiger partial charge is 0.351 e. The number of ether oxygens (including phenoxy) is 1. The van der Waals surface area contributed by atoms with Crippen LogP contribution >= 0.6 is 7.60 Å². The number of carbonyl (C=O) groups excluding carboxylic acids is 1. The Hall–Kier alpha value is -2.80. The summed E-state index contributed by atoms with van der Waals surface area (Å²) in [6, 6.07) is 4.74. The lowest BCUT2D eigenvalue weighted by Gasteiger charge is -2.16. The van der Waals surface area contributed by atoms with Crippen LogP contribution in [0.1, 0.15) is 22.4 Å². The number of aliphatic hydroxyl groups excluding tert-OH is 2. The van der Waals surface area contributed by atoms with Crippen LogP contribution in [0, 0.1) is 0 Å². The van der Waals surface area contributed by atoms with Crippen LogP contribution in [-0.2, 0) is 20.4 Å². The van der Waals surface area contributed by atoms with E-state index in [2.05, 4.69) is 10.1 Å². The quantitative estimate of drug-likeness (QED) is 0.318. The first kappa shape index (κ1) is 23.9. The minimum Gasteiger partial charge on any atom is -0.508 e. The van der Waals surface area contributed by atoms with Crippen LogP contribution < -0.4 is 10.6 Å². The van der Waals surface area contributed by atoms with Crippen LogP contribution in [0.15, 0.2) is 36.4 Å². The minimum absolute atomic E-state index is 0.0942. The van der Waals surface area contributed by atoms with E-state index in [1.54, 1.807) is 31.1 Å². The van der Waals surface area contributed by atoms with Gasteiger partial charge in [-0.3, -0.25) is 9.36 Å². The molecule has 32 heavy (non-hydrogen) atoms.